The van der Waals surface area contributed by atoms with Crippen molar-refractivity contribution in [1.82, 2.24) is 19.5 Å². The Morgan fingerprint density at radius 1 is 1.18 bits per heavy atom. The van der Waals surface area contributed by atoms with Crippen LogP contribution in [0, 0.1) is 0 Å². The van der Waals surface area contributed by atoms with Crippen molar-refractivity contribution < 1.29 is 43.0 Å². The SMILES string of the molecule is O=P(O)(O)CP(=O)(O)OCc1oc(-n2cnc3c(NC4CCCC4)nc(Cl)nc32)c(O)c1O. The highest BCUT2D eigenvalue weighted by molar-refractivity contribution is 7.70. The number of fused-ring (bicyclic) bond motifs is 1. The van der Waals surface area contributed by atoms with Crippen molar-refractivity contribution in [3.05, 3.63) is 17.4 Å². The first-order chi connectivity index (χ1) is 15.4. The number of nitrogens with one attached hydrogen (secondary N) is 1. The van der Waals surface area contributed by atoms with E-state index in [1.54, 1.807) is 0 Å². The molecule has 4 rings (SSSR count). The maximum atomic E-state index is 11.8. The van der Waals surface area contributed by atoms with Crippen LogP contribution in [-0.4, -0.2) is 56.4 Å². The molecule has 33 heavy (non-hydrogen) atoms. The quantitative estimate of drug-likeness (QED) is 0.185. The fraction of sp³-hybridized carbons (Fsp3) is 0.438. The first kappa shape index (κ1) is 24.0. The van der Waals surface area contributed by atoms with E-state index in [2.05, 4.69) is 24.8 Å². The van der Waals surface area contributed by atoms with Crippen LogP contribution < -0.4 is 5.32 Å². The first-order valence-electron chi connectivity index (χ1n) is 9.65. The van der Waals surface area contributed by atoms with Crippen LogP contribution in [-0.2, 0) is 20.3 Å². The van der Waals surface area contributed by atoms with Crippen molar-refractivity contribution in [1.29, 1.82) is 0 Å². The molecule has 3 heterocycles. The Kier molecular flexibility index (Phi) is 6.45. The Morgan fingerprint density at radius 3 is 2.55 bits per heavy atom. The number of aromatic nitrogens is 4. The molecule has 0 spiro atoms. The summed E-state index contributed by atoms with van der Waals surface area (Å²) in [6.07, 6.45) is 5.37. The molecule has 0 aromatic carbocycles. The molecule has 0 aliphatic heterocycles. The van der Waals surface area contributed by atoms with E-state index in [0.717, 1.165) is 25.7 Å². The van der Waals surface area contributed by atoms with Crippen LogP contribution in [0.2, 0.25) is 5.28 Å². The van der Waals surface area contributed by atoms with Gasteiger partial charge in [0.05, 0.1) is 0 Å². The molecule has 1 fully saturated rings. The lowest BCUT2D eigenvalue weighted by molar-refractivity contribution is 0.224. The topological polar surface area (TPSA) is 213 Å². The van der Waals surface area contributed by atoms with E-state index in [0.29, 0.717) is 11.3 Å². The molecule has 1 atom stereocenters. The molecule has 1 aliphatic carbocycles. The maximum absolute atomic E-state index is 11.8. The highest BCUT2D eigenvalue weighted by Crippen LogP contribution is 2.56. The van der Waals surface area contributed by atoms with Gasteiger partial charge >= 0.3 is 15.2 Å². The molecule has 14 nitrogen and oxygen atoms in total. The second-order valence-corrected chi connectivity index (χ2v) is 11.8. The van der Waals surface area contributed by atoms with Crippen LogP contribution in [0.4, 0.5) is 5.82 Å². The van der Waals surface area contributed by atoms with Crippen LogP contribution in [0.25, 0.3) is 17.0 Å². The number of hydrogen-bond acceptors (Lipinski definition) is 10. The minimum atomic E-state index is -4.84. The van der Waals surface area contributed by atoms with Crippen molar-refractivity contribution >= 4 is 43.8 Å². The van der Waals surface area contributed by atoms with Gasteiger partial charge in [-0.2, -0.15) is 9.97 Å². The molecule has 0 radical (unpaired) electrons. The number of hydrogen-bond donors (Lipinski definition) is 6. The molecular weight excluding hydrogens is 504 g/mol. The smallest absolute Gasteiger partial charge is 0.340 e. The molecule has 3 aromatic heterocycles. The Hall–Kier alpha value is -2.18. The molecule has 3 aromatic rings. The van der Waals surface area contributed by atoms with Gasteiger partial charge in [0, 0.05) is 6.04 Å². The summed E-state index contributed by atoms with van der Waals surface area (Å²) in [6.45, 7) is -0.857. The maximum Gasteiger partial charge on any atom is 0.340 e. The Balaban J connectivity index is 1.64. The standard InChI is InChI=1S/C16H20ClN5O9P2/c17-16-20-13(19-8-3-1-2-4-8)10-14(21-16)22(6-18-10)15-12(24)11(23)9(31-15)5-30-33(28,29)7-32(25,26)27/h6,8,23-24H,1-5,7H2,(H,28,29)(H,19,20,21)(H2,25,26,27). The van der Waals surface area contributed by atoms with Crippen molar-refractivity contribution in [2.45, 2.75) is 38.3 Å². The van der Waals surface area contributed by atoms with Gasteiger partial charge in [-0.3, -0.25) is 13.7 Å². The lowest BCUT2D eigenvalue weighted by atomic mass is 10.2. The number of furan rings is 1. The Morgan fingerprint density at radius 2 is 1.88 bits per heavy atom. The van der Waals surface area contributed by atoms with E-state index < -0.39 is 45.0 Å². The third-order valence-electron chi connectivity index (χ3n) is 4.95. The normalized spacial score (nSPS) is 17.0. The van der Waals surface area contributed by atoms with Gasteiger partial charge < -0.3 is 34.6 Å². The highest BCUT2D eigenvalue weighted by atomic mass is 35.5. The summed E-state index contributed by atoms with van der Waals surface area (Å²) < 4.78 is 34.0. The molecule has 0 amide bonds. The molecule has 1 unspecified atom stereocenters. The lowest BCUT2D eigenvalue weighted by Crippen LogP contribution is -2.16. The Bertz CT molecular complexity index is 1280. The van der Waals surface area contributed by atoms with Gasteiger partial charge in [0.25, 0.3) is 5.88 Å². The first-order valence-corrected chi connectivity index (χ1v) is 13.6. The third kappa shape index (κ3) is 5.33. The van der Waals surface area contributed by atoms with Crippen molar-refractivity contribution in [3.63, 3.8) is 0 Å². The van der Waals surface area contributed by atoms with Crippen molar-refractivity contribution in [2.24, 2.45) is 0 Å². The fourth-order valence-electron chi connectivity index (χ4n) is 3.53. The molecule has 1 saturated carbocycles. The van der Waals surface area contributed by atoms with E-state index >= 15 is 0 Å². The summed E-state index contributed by atoms with van der Waals surface area (Å²) >= 11 is 6.07. The van der Waals surface area contributed by atoms with Gasteiger partial charge in [0.15, 0.2) is 28.6 Å². The van der Waals surface area contributed by atoms with E-state index in [1.165, 1.54) is 10.9 Å². The second kappa shape index (κ2) is 8.88. The molecular formula is C16H20ClN5O9P2. The second-order valence-electron chi connectivity index (χ2n) is 7.50. The molecule has 6 N–H and O–H groups in total. The van der Waals surface area contributed by atoms with Crippen LogP contribution in [0.1, 0.15) is 31.4 Å². The monoisotopic (exact) mass is 523 g/mol. The zero-order valence-corrected chi connectivity index (χ0v) is 19.4. The van der Waals surface area contributed by atoms with Gasteiger partial charge in [-0.15, -0.1) is 0 Å². The number of nitrogens with zero attached hydrogens (tertiary/aromatic N) is 4. The van der Waals surface area contributed by atoms with Gasteiger partial charge in [-0.05, 0) is 24.4 Å². The number of rotatable bonds is 8. The lowest BCUT2D eigenvalue weighted by Gasteiger charge is -2.13. The van der Waals surface area contributed by atoms with E-state index in [-0.39, 0.29) is 22.9 Å². The van der Waals surface area contributed by atoms with Crippen molar-refractivity contribution in [2.75, 3.05) is 11.2 Å². The predicted molar refractivity (Wildman–Crippen MR) is 115 cm³/mol. The van der Waals surface area contributed by atoms with Gasteiger partial charge in [-0.25, -0.2) is 9.55 Å². The van der Waals surface area contributed by atoms with E-state index in [1.807, 2.05) is 0 Å². The molecule has 180 valence electrons. The molecule has 0 saturated heterocycles. The van der Waals surface area contributed by atoms with Crippen LogP contribution in [0.5, 0.6) is 11.5 Å². The number of imidazole rings is 1. The average molecular weight is 524 g/mol. The third-order valence-corrected chi connectivity index (χ3v) is 8.56. The molecule has 0 bridgehead atoms. The van der Waals surface area contributed by atoms with Gasteiger partial charge in [0.2, 0.25) is 16.8 Å². The average Bonchev–Trinajstić information content (AvgIpc) is 3.40. The summed E-state index contributed by atoms with van der Waals surface area (Å²) in [5, 5.41) is 23.7. The summed E-state index contributed by atoms with van der Waals surface area (Å²) in [5.41, 5.74) is 0.488. The fourth-order valence-corrected chi connectivity index (χ4v) is 6.20. The van der Waals surface area contributed by atoms with Crippen LogP contribution in [0.15, 0.2) is 10.7 Å². The molecule has 17 heteroatoms. The van der Waals surface area contributed by atoms with Crippen LogP contribution >= 0.6 is 26.8 Å². The van der Waals surface area contributed by atoms with Gasteiger partial charge in [0.1, 0.15) is 12.9 Å². The minimum Gasteiger partial charge on any atom is -0.502 e. The highest BCUT2D eigenvalue weighted by Gasteiger charge is 2.33. The molecule has 1 aliphatic rings. The predicted octanol–water partition coefficient (Wildman–Crippen LogP) is 2.66. The van der Waals surface area contributed by atoms with Crippen LogP contribution in [0.3, 0.4) is 0 Å². The number of aromatic hydroxyl groups is 2. The summed E-state index contributed by atoms with van der Waals surface area (Å²) in [4.78, 5) is 39.8. The Labute approximate surface area is 190 Å². The van der Waals surface area contributed by atoms with E-state index in [4.69, 9.17) is 25.8 Å². The minimum absolute atomic E-state index is 0.0952. The largest absolute Gasteiger partial charge is 0.502 e. The summed E-state index contributed by atoms with van der Waals surface area (Å²) in [6, 6.07) is 0.205. The summed E-state index contributed by atoms with van der Waals surface area (Å²) in [7, 11) is -9.55. The summed E-state index contributed by atoms with van der Waals surface area (Å²) in [5.74, 6) is -3.36. The number of halogens is 1. The number of anilines is 1. The zero-order valence-electron chi connectivity index (χ0n) is 16.8. The van der Waals surface area contributed by atoms with Gasteiger partial charge in [-0.1, -0.05) is 12.8 Å². The zero-order chi connectivity index (χ0) is 24.0. The van der Waals surface area contributed by atoms with Crippen molar-refractivity contribution in [3.8, 4) is 17.4 Å². The van der Waals surface area contributed by atoms with E-state index in [9.17, 15) is 24.2 Å².